The van der Waals surface area contributed by atoms with Crippen molar-refractivity contribution in [1.29, 1.82) is 0 Å². The van der Waals surface area contributed by atoms with E-state index in [-0.39, 0.29) is 24.4 Å². The Morgan fingerprint density at radius 1 is 0.828 bits per heavy atom. The molecular weight excluding hydrogens is 360 g/mol. The van der Waals surface area contributed by atoms with Gasteiger partial charge >= 0.3 is 6.03 Å². The van der Waals surface area contributed by atoms with Gasteiger partial charge in [-0.15, -0.1) is 0 Å². The summed E-state index contributed by atoms with van der Waals surface area (Å²) in [5, 5.41) is 5.79. The average molecular weight is 382 g/mol. The first-order valence-electron chi connectivity index (χ1n) is 9.37. The third kappa shape index (κ3) is 5.82. The molecule has 2 N–H and O–H groups in total. The minimum Gasteiger partial charge on any atom is -0.327 e. The summed E-state index contributed by atoms with van der Waals surface area (Å²) in [6.45, 7) is 1.75. The molecule has 3 aromatic rings. The highest BCUT2D eigenvalue weighted by Crippen LogP contribution is 2.21. The number of Topliss-reactive ketones (excluding diaryl/α,β-unsaturated/α-hetero) is 1. The van der Waals surface area contributed by atoms with Crippen molar-refractivity contribution in [3.05, 3.63) is 107 Å². The van der Waals surface area contributed by atoms with Crippen LogP contribution in [0.3, 0.4) is 0 Å². The van der Waals surface area contributed by atoms with Crippen LogP contribution in [-0.2, 0) is 0 Å². The van der Waals surface area contributed by atoms with Gasteiger partial charge < -0.3 is 10.6 Å². The molecule has 0 bridgehead atoms. The topological polar surface area (TPSA) is 58.2 Å². The van der Waals surface area contributed by atoms with Gasteiger partial charge in [-0.3, -0.25) is 4.79 Å². The fourth-order valence-electron chi connectivity index (χ4n) is 2.89. The maximum atomic E-state index is 12.4. The van der Waals surface area contributed by atoms with Crippen molar-refractivity contribution in [2.45, 2.75) is 13.0 Å². The summed E-state index contributed by atoms with van der Waals surface area (Å²) in [7, 11) is 0. The van der Waals surface area contributed by atoms with E-state index >= 15 is 0 Å². The number of ketones is 1. The van der Waals surface area contributed by atoms with Crippen LogP contribution in [0.25, 0.3) is 0 Å². The molecule has 0 aliphatic carbocycles. The Kier molecular flexibility index (Phi) is 6.80. The van der Waals surface area contributed by atoms with Gasteiger partial charge in [-0.25, -0.2) is 4.79 Å². The number of hydrogen-bond donors (Lipinski definition) is 2. The van der Waals surface area contributed by atoms with Crippen LogP contribution in [0.2, 0.25) is 0 Å². The number of carbonyl (C=O) groups is 2. The van der Waals surface area contributed by atoms with Gasteiger partial charge in [-0.2, -0.15) is 0 Å². The van der Waals surface area contributed by atoms with Crippen LogP contribution in [-0.4, -0.2) is 18.4 Å². The molecule has 29 heavy (non-hydrogen) atoms. The van der Waals surface area contributed by atoms with Crippen LogP contribution in [0.5, 0.6) is 0 Å². The van der Waals surface area contributed by atoms with Gasteiger partial charge in [0.25, 0.3) is 0 Å². The molecule has 0 aliphatic heterocycles. The van der Waals surface area contributed by atoms with Crippen molar-refractivity contribution >= 4 is 11.8 Å². The molecule has 2 amide bonds. The standard InChI is InChI=1S/C25H22N2O2/c1-19(28)21-16-14-20(15-17-21)9-8-18-26-25(29)27-24(22-10-4-2-5-11-22)23-12-6-3-7-13-23/h2-7,10-17,24H,18H2,1H3,(H2,26,27,29). The fraction of sp³-hybridized carbons (Fsp3) is 0.120. The Hall–Kier alpha value is -3.84. The van der Waals surface area contributed by atoms with Crippen molar-refractivity contribution in [3.63, 3.8) is 0 Å². The zero-order valence-electron chi connectivity index (χ0n) is 16.2. The first kappa shape index (κ1) is 19.9. The Morgan fingerprint density at radius 2 is 1.38 bits per heavy atom. The molecule has 0 aromatic heterocycles. The molecule has 0 atom stereocenters. The van der Waals surface area contributed by atoms with E-state index in [1.165, 1.54) is 6.92 Å². The summed E-state index contributed by atoms with van der Waals surface area (Å²) < 4.78 is 0. The van der Waals surface area contributed by atoms with Crippen LogP contribution < -0.4 is 10.6 Å². The lowest BCUT2D eigenvalue weighted by molar-refractivity contribution is 0.101. The second-order valence-electron chi connectivity index (χ2n) is 6.52. The van der Waals surface area contributed by atoms with Gasteiger partial charge in [-0.1, -0.05) is 84.6 Å². The third-order valence-corrected chi connectivity index (χ3v) is 4.40. The van der Waals surface area contributed by atoms with Crippen LogP contribution in [0.15, 0.2) is 84.9 Å². The number of carbonyl (C=O) groups excluding carboxylic acids is 2. The largest absolute Gasteiger partial charge is 0.327 e. The molecule has 0 fully saturated rings. The first-order chi connectivity index (χ1) is 14.1. The van der Waals surface area contributed by atoms with Crippen molar-refractivity contribution in [3.8, 4) is 11.8 Å². The van der Waals surface area contributed by atoms with E-state index in [4.69, 9.17) is 0 Å². The Bertz CT molecular complexity index is 978. The molecule has 3 rings (SSSR count). The fourth-order valence-corrected chi connectivity index (χ4v) is 2.89. The average Bonchev–Trinajstić information content (AvgIpc) is 2.76. The van der Waals surface area contributed by atoms with Crippen LogP contribution in [0.1, 0.15) is 40.0 Å². The van der Waals surface area contributed by atoms with E-state index in [0.717, 1.165) is 16.7 Å². The second kappa shape index (κ2) is 9.91. The highest BCUT2D eigenvalue weighted by atomic mass is 16.2. The van der Waals surface area contributed by atoms with Gasteiger partial charge in [0.15, 0.2) is 5.78 Å². The number of urea groups is 1. The Balaban J connectivity index is 1.60. The lowest BCUT2D eigenvalue weighted by atomic mass is 9.99. The maximum Gasteiger partial charge on any atom is 0.316 e. The minimum absolute atomic E-state index is 0.0224. The number of benzene rings is 3. The summed E-state index contributed by atoms with van der Waals surface area (Å²) in [4.78, 5) is 23.7. The highest BCUT2D eigenvalue weighted by Gasteiger charge is 2.15. The molecule has 0 radical (unpaired) electrons. The number of hydrogen-bond acceptors (Lipinski definition) is 2. The zero-order valence-corrected chi connectivity index (χ0v) is 16.2. The molecule has 0 saturated carbocycles. The van der Waals surface area contributed by atoms with Crippen LogP contribution in [0.4, 0.5) is 4.79 Å². The van der Waals surface area contributed by atoms with E-state index in [1.807, 2.05) is 60.7 Å². The summed E-state index contributed by atoms with van der Waals surface area (Å²) >= 11 is 0. The van der Waals surface area contributed by atoms with E-state index < -0.39 is 0 Å². The third-order valence-electron chi connectivity index (χ3n) is 4.40. The lowest BCUT2D eigenvalue weighted by Crippen LogP contribution is -2.38. The predicted molar refractivity (Wildman–Crippen MR) is 115 cm³/mol. The minimum atomic E-state index is -0.288. The van der Waals surface area contributed by atoms with Crippen molar-refractivity contribution in [2.75, 3.05) is 6.54 Å². The maximum absolute atomic E-state index is 12.4. The molecular formula is C25H22N2O2. The van der Waals surface area contributed by atoms with Gasteiger partial charge in [0.05, 0.1) is 12.6 Å². The molecule has 144 valence electrons. The Morgan fingerprint density at radius 3 is 1.90 bits per heavy atom. The van der Waals surface area contributed by atoms with Crippen LogP contribution in [0, 0.1) is 11.8 Å². The molecule has 4 nitrogen and oxygen atoms in total. The summed E-state index contributed by atoms with van der Waals surface area (Å²) in [6, 6.07) is 26.2. The molecule has 0 heterocycles. The molecule has 0 unspecified atom stereocenters. The summed E-state index contributed by atoms with van der Waals surface area (Å²) in [5.74, 6) is 5.93. The number of nitrogens with one attached hydrogen (secondary N) is 2. The van der Waals surface area contributed by atoms with E-state index in [2.05, 4.69) is 22.5 Å². The van der Waals surface area contributed by atoms with E-state index in [1.54, 1.807) is 24.3 Å². The van der Waals surface area contributed by atoms with Gasteiger partial charge in [0.2, 0.25) is 0 Å². The molecule has 0 aliphatic rings. The second-order valence-corrected chi connectivity index (χ2v) is 6.52. The molecule has 0 saturated heterocycles. The monoisotopic (exact) mass is 382 g/mol. The summed E-state index contributed by atoms with van der Waals surface area (Å²) in [6.07, 6.45) is 0. The first-order valence-corrected chi connectivity index (χ1v) is 9.37. The van der Waals surface area contributed by atoms with Crippen molar-refractivity contribution in [1.82, 2.24) is 10.6 Å². The number of rotatable bonds is 5. The van der Waals surface area contributed by atoms with Gasteiger partial charge in [0.1, 0.15) is 0 Å². The molecule has 0 spiro atoms. The predicted octanol–water partition coefficient (Wildman–Crippen LogP) is 4.33. The highest BCUT2D eigenvalue weighted by molar-refractivity contribution is 5.94. The smallest absolute Gasteiger partial charge is 0.316 e. The quantitative estimate of drug-likeness (QED) is 0.510. The van der Waals surface area contributed by atoms with Crippen molar-refractivity contribution < 1.29 is 9.59 Å². The van der Waals surface area contributed by atoms with Gasteiger partial charge in [-0.05, 0) is 30.2 Å². The normalized spacial score (nSPS) is 10.0. The molecule has 4 heteroatoms. The van der Waals surface area contributed by atoms with E-state index in [0.29, 0.717) is 5.56 Å². The van der Waals surface area contributed by atoms with E-state index in [9.17, 15) is 9.59 Å². The lowest BCUT2D eigenvalue weighted by Gasteiger charge is -2.19. The molecule has 3 aromatic carbocycles. The van der Waals surface area contributed by atoms with Crippen LogP contribution >= 0.6 is 0 Å². The number of amides is 2. The Labute approximate surface area is 171 Å². The van der Waals surface area contributed by atoms with Gasteiger partial charge in [0, 0.05) is 11.1 Å². The van der Waals surface area contributed by atoms with Crippen molar-refractivity contribution in [2.24, 2.45) is 0 Å². The SMILES string of the molecule is CC(=O)c1ccc(C#CCNC(=O)NC(c2ccccc2)c2ccccc2)cc1. The zero-order chi connectivity index (χ0) is 20.5. The summed E-state index contributed by atoms with van der Waals surface area (Å²) in [5.41, 5.74) is 3.46.